The topological polar surface area (TPSA) is 215 Å². The molecule has 0 amide bonds. The largest absolute Gasteiger partial charge is 0.416 e. The Morgan fingerprint density at radius 3 is 2.33 bits per heavy atom. The van der Waals surface area contributed by atoms with Gasteiger partial charge in [0.1, 0.15) is 5.69 Å². The molecule has 2 aromatic heterocycles. The minimum absolute atomic E-state index is 0.000000280. The second-order valence-corrected chi connectivity index (χ2v) is 13.6. The number of aromatic nitrogens is 5. The van der Waals surface area contributed by atoms with Crippen molar-refractivity contribution in [3.05, 3.63) is 65.2 Å². The first-order valence-corrected chi connectivity index (χ1v) is 17.3. The highest BCUT2D eigenvalue weighted by Crippen LogP contribution is 2.38. The summed E-state index contributed by atoms with van der Waals surface area (Å²) >= 11 is 0. The van der Waals surface area contributed by atoms with Gasteiger partial charge in [-0.1, -0.05) is 24.3 Å². The van der Waals surface area contributed by atoms with E-state index >= 15 is 0 Å². The number of hydrogen-bond acceptors (Lipinski definition) is 15. The highest BCUT2D eigenvalue weighted by atomic mass is 32.2. The molecular weight excluding hydrogens is 691 g/mol. The van der Waals surface area contributed by atoms with E-state index < -0.39 is 27.8 Å². The lowest BCUT2D eigenvalue weighted by atomic mass is 9.96. The fourth-order valence-electron chi connectivity index (χ4n) is 5.39. The third-order valence-electron chi connectivity index (χ3n) is 8.03. The highest BCUT2D eigenvalue weighted by Gasteiger charge is 2.31. The first-order valence-electron chi connectivity index (χ1n) is 15.8. The predicted molar refractivity (Wildman–Crippen MR) is 187 cm³/mol. The quantitative estimate of drug-likeness (QED) is 0.149. The Kier molecular flexibility index (Phi) is 10.1. The van der Waals surface area contributed by atoms with E-state index in [4.69, 9.17) is 16.2 Å². The molecule has 4 heterocycles. The van der Waals surface area contributed by atoms with Gasteiger partial charge in [-0.25, -0.2) is 18.1 Å². The molecule has 6 rings (SSSR count). The molecule has 7 N–H and O–H groups in total. The molecule has 51 heavy (non-hydrogen) atoms. The number of hydrogen-bond donors (Lipinski definition) is 5. The fourth-order valence-corrected chi connectivity index (χ4v) is 6.42. The lowest BCUT2D eigenvalue weighted by Gasteiger charge is -2.27. The molecule has 0 bridgehead atoms. The average Bonchev–Trinajstić information content (AvgIpc) is 3.30. The lowest BCUT2D eigenvalue weighted by Crippen LogP contribution is -2.38. The molecule has 0 spiro atoms. The molecule has 1 saturated heterocycles. The number of anilines is 6. The zero-order valence-corrected chi connectivity index (χ0v) is 28.5. The normalized spacial score (nSPS) is 16.5. The van der Waals surface area contributed by atoms with Crippen molar-refractivity contribution in [2.24, 2.45) is 4.99 Å². The molecule has 1 unspecified atom stereocenters. The number of sulfonamides is 1. The van der Waals surface area contributed by atoms with E-state index in [1.807, 2.05) is 19.0 Å². The van der Waals surface area contributed by atoms with Gasteiger partial charge in [-0.05, 0) is 35.4 Å². The van der Waals surface area contributed by atoms with Crippen LogP contribution in [-0.4, -0.2) is 92.5 Å². The maximum Gasteiger partial charge on any atom is 0.416 e. The average molecular weight is 728 g/mol. The van der Waals surface area contributed by atoms with Gasteiger partial charge in [-0.15, -0.1) is 0 Å². The summed E-state index contributed by atoms with van der Waals surface area (Å²) in [6, 6.07) is 10.2. The first-order chi connectivity index (χ1) is 24.3. The van der Waals surface area contributed by atoms with Crippen molar-refractivity contribution >= 4 is 56.9 Å². The van der Waals surface area contributed by atoms with Crippen LogP contribution in [0.3, 0.4) is 0 Å². The number of fused-ring (bicyclic) bond motifs is 1. The van der Waals surface area contributed by atoms with Crippen molar-refractivity contribution in [1.82, 2.24) is 29.6 Å². The second kappa shape index (κ2) is 14.5. The van der Waals surface area contributed by atoms with E-state index in [0.717, 1.165) is 12.1 Å². The molecule has 270 valence electrons. The summed E-state index contributed by atoms with van der Waals surface area (Å²) in [6.07, 6.45) is -4.30. The van der Waals surface area contributed by atoms with Crippen molar-refractivity contribution < 1.29 is 26.3 Å². The zero-order valence-electron chi connectivity index (χ0n) is 27.6. The number of nitrogens with one attached hydrogen (secondary N) is 3. The third-order valence-corrected chi connectivity index (χ3v) is 9.50. The number of halogens is 3. The van der Waals surface area contributed by atoms with Crippen molar-refractivity contribution in [2.45, 2.75) is 23.5 Å². The van der Waals surface area contributed by atoms with Crippen LogP contribution in [0.15, 0.2) is 58.4 Å². The van der Waals surface area contributed by atoms with Gasteiger partial charge in [0.15, 0.2) is 11.6 Å². The van der Waals surface area contributed by atoms with Crippen molar-refractivity contribution in [2.75, 3.05) is 85.4 Å². The molecule has 4 aromatic rings. The molecule has 1 fully saturated rings. The van der Waals surface area contributed by atoms with Crippen molar-refractivity contribution in [3.63, 3.8) is 0 Å². The maximum atomic E-state index is 13.2. The van der Waals surface area contributed by atoms with Crippen LogP contribution in [-0.2, 0) is 20.9 Å². The lowest BCUT2D eigenvalue weighted by molar-refractivity contribution is -0.137. The van der Waals surface area contributed by atoms with Gasteiger partial charge in [-0.2, -0.15) is 38.1 Å². The third kappa shape index (κ3) is 8.35. The van der Waals surface area contributed by atoms with Crippen molar-refractivity contribution in [1.29, 1.82) is 0 Å². The van der Waals surface area contributed by atoms with E-state index in [0.29, 0.717) is 61.0 Å². The maximum absolute atomic E-state index is 13.2. The minimum atomic E-state index is -4.49. The van der Waals surface area contributed by atoms with Crippen LogP contribution >= 0.6 is 0 Å². The summed E-state index contributed by atoms with van der Waals surface area (Å²) in [6.45, 7) is 2.64. The number of aliphatic imine (C=N–C) groups is 1. The zero-order chi connectivity index (χ0) is 36.3. The summed E-state index contributed by atoms with van der Waals surface area (Å²) in [5.41, 5.74) is 12.9. The highest BCUT2D eigenvalue weighted by molar-refractivity contribution is 7.89. The molecule has 0 radical (unpaired) electrons. The van der Waals surface area contributed by atoms with E-state index in [1.54, 1.807) is 17.0 Å². The van der Waals surface area contributed by atoms with Crippen LogP contribution < -0.4 is 36.6 Å². The number of ether oxygens (including phenoxy) is 1. The monoisotopic (exact) mass is 727 g/mol. The number of morpholine rings is 1. The number of benzene rings is 2. The second-order valence-electron chi connectivity index (χ2n) is 11.8. The Hall–Kier alpha value is -5.34. The Labute approximate surface area is 291 Å². The molecule has 2 aliphatic rings. The summed E-state index contributed by atoms with van der Waals surface area (Å²) in [5, 5.41) is 6.24. The first kappa shape index (κ1) is 35.5. The van der Waals surface area contributed by atoms with Gasteiger partial charge in [0.05, 0.1) is 35.4 Å². The molecule has 1 atom stereocenters. The number of nitrogen functional groups attached to an aromatic ring is 2. The van der Waals surface area contributed by atoms with Gasteiger partial charge >= 0.3 is 6.18 Å². The number of rotatable bonds is 10. The summed E-state index contributed by atoms with van der Waals surface area (Å²) in [5.74, 6) is 1.37. The standard InChI is InChI=1S/C31H36F3N13O3S/c1-46(2)29-43-28(44-30(45-29)47-13-15-50-16-14-47)37-11-12-38-51(48,49)21-9-5-19(6-10-21)22-17-23(18-3-7-20(8-4-18)31(32,33)34)40-26-24(39-22)25(35)41-27(36)42-26/h3-10,23,38H,11-17H2,1-2H3,(H,37,43,44,45)(H5,35,36,40,41,42). The SMILES string of the molecule is CN(C)c1nc(NCCNS(=O)(=O)c2ccc(C3=Nc4c(N)nc(N)nc4NC(c4ccc(C(F)(F)F)cc4)C3)cc2)nc(N2CCOCC2)n1. The van der Waals surface area contributed by atoms with Crippen LogP contribution in [0.5, 0.6) is 0 Å². The van der Waals surface area contributed by atoms with Crippen LogP contribution in [0.2, 0.25) is 0 Å². The van der Waals surface area contributed by atoms with Crippen molar-refractivity contribution in [3.8, 4) is 0 Å². The summed E-state index contributed by atoms with van der Waals surface area (Å²) < 4.78 is 74.1. The predicted octanol–water partition coefficient (Wildman–Crippen LogP) is 2.82. The van der Waals surface area contributed by atoms with Gasteiger partial charge in [-0.3, -0.25) is 0 Å². The van der Waals surface area contributed by atoms with E-state index in [2.05, 4.69) is 45.3 Å². The Balaban J connectivity index is 1.16. The Bertz CT molecular complexity index is 2010. The number of alkyl halides is 3. The smallest absolute Gasteiger partial charge is 0.382 e. The molecule has 0 saturated carbocycles. The van der Waals surface area contributed by atoms with Crippen LogP contribution in [0.4, 0.5) is 54.3 Å². The van der Waals surface area contributed by atoms with Crippen LogP contribution in [0.1, 0.15) is 29.2 Å². The fraction of sp³-hybridized carbons (Fsp3) is 0.355. The molecule has 2 aliphatic heterocycles. The minimum Gasteiger partial charge on any atom is -0.382 e. The van der Waals surface area contributed by atoms with E-state index in [1.165, 1.54) is 24.3 Å². The van der Waals surface area contributed by atoms with E-state index in [-0.39, 0.29) is 47.7 Å². The molecular formula is C31H36F3N13O3S. The number of nitrogens with zero attached hydrogens (tertiary/aromatic N) is 8. The van der Waals surface area contributed by atoms with Crippen LogP contribution in [0.25, 0.3) is 0 Å². The van der Waals surface area contributed by atoms with Gasteiger partial charge < -0.3 is 36.6 Å². The Morgan fingerprint density at radius 1 is 0.961 bits per heavy atom. The summed E-state index contributed by atoms with van der Waals surface area (Å²) in [4.78, 5) is 30.1. The Morgan fingerprint density at radius 2 is 1.67 bits per heavy atom. The van der Waals surface area contributed by atoms with E-state index in [9.17, 15) is 21.6 Å². The molecule has 20 heteroatoms. The van der Waals surface area contributed by atoms with Gasteiger partial charge in [0, 0.05) is 46.7 Å². The summed E-state index contributed by atoms with van der Waals surface area (Å²) in [7, 11) is -0.284. The molecule has 16 nitrogen and oxygen atoms in total. The van der Waals surface area contributed by atoms with Gasteiger partial charge in [0.2, 0.25) is 33.8 Å². The van der Waals surface area contributed by atoms with Gasteiger partial charge in [0.25, 0.3) is 0 Å². The molecule has 0 aliphatic carbocycles. The number of nitrogens with two attached hydrogens (primary N) is 2. The van der Waals surface area contributed by atoms with Crippen LogP contribution in [0, 0.1) is 0 Å². The molecule has 2 aromatic carbocycles.